The molecule has 0 aromatic rings. The summed E-state index contributed by atoms with van der Waals surface area (Å²) in [7, 11) is 0. The number of halogens is 3. The minimum atomic E-state index is -2.56. The Hall–Kier alpha value is -0.420. The molecule has 0 saturated heterocycles. The Morgan fingerprint density at radius 3 is 2.62 bits per heavy atom. The van der Waals surface area contributed by atoms with Crippen molar-refractivity contribution in [1.29, 1.82) is 0 Å². The molecule has 1 atom stereocenters. The third-order valence-corrected chi connectivity index (χ3v) is 2.13. The fourth-order valence-corrected chi connectivity index (χ4v) is 1.51. The summed E-state index contributed by atoms with van der Waals surface area (Å²) in [6, 6.07) is 0. The highest BCUT2D eigenvalue weighted by Gasteiger charge is 2.40. The van der Waals surface area contributed by atoms with Gasteiger partial charge in [0.05, 0.1) is 6.54 Å². The molecule has 1 fully saturated rings. The summed E-state index contributed by atoms with van der Waals surface area (Å²) in [5.74, 6) is -2.70. The lowest BCUT2D eigenvalue weighted by atomic mass is 10.1. The fraction of sp³-hybridized carbons (Fsp3) is 0.857. The molecule has 13 heavy (non-hydrogen) atoms. The van der Waals surface area contributed by atoms with Gasteiger partial charge >= 0.3 is 6.09 Å². The van der Waals surface area contributed by atoms with Crippen molar-refractivity contribution in [2.75, 3.05) is 6.54 Å². The van der Waals surface area contributed by atoms with E-state index in [1.165, 1.54) is 0 Å². The molecule has 1 aliphatic carbocycles. The van der Waals surface area contributed by atoms with E-state index in [1.54, 1.807) is 0 Å². The predicted molar refractivity (Wildman–Crippen MR) is 37.1 cm³/mol. The SMILES string of the molecule is O=C(O)[NH2+]CC1CCC(F)(F)C1.[Cl-]. The number of rotatable bonds is 2. The summed E-state index contributed by atoms with van der Waals surface area (Å²) in [6.45, 7) is 0.269. The Labute approximate surface area is 80.9 Å². The molecule has 1 aliphatic rings. The standard InChI is InChI=1S/C7H11F2NO2.ClH/c8-7(9)2-1-5(3-7)4-10-6(11)12;/h5,10H,1-4H2,(H,11,12);1H. The lowest BCUT2D eigenvalue weighted by Gasteiger charge is -2.07. The third kappa shape index (κ3) is 4.38. The largest absolute Gasteiger partial charge is 1.00 e. The molecular weight excluding hydrogens is 204 g/mol. The minimum absolute atomic E-state index is 0. The highest BCUT2D eigenvalue weighted by molar-refractivity contribution is 5.52. The number of hydrogen-bond acceptors (Lipinski definition) is 1. The minimum Gasteiger partial charge on any atom is -1.00 e. The van der Waals surface area contributed by atoms with Crippen LogP contribution in [-0.2, 0) is 0 Å². The summed E-state index contributed by atoms with van der Waals surface area (Å²) in [6.07, 6.45) is -0.830. The summed E-state index contributed by atoms with van der Waals surface area (Å²) >= 11 is 0. The van der Waals surface area contributed by atoms with Crippen molar-refractivity contribution in [2.45, 2.75) is 25.2 Å². The molecule has 0 radical (unpaired) electrons. The number of carboxylic acid groups (broad SMARTS) is 1. The quantitative estimate of drug-likeness (QED) is 0.543. The van der Waals surface area contributed by atoms with Gasteiger partial charge < -0.3 is 17.5 Å². The second-order valence-electron chi connectivity index (χ2n) is 3.24. The van der Waals surface area contributed by atoms with E-state index in [4.69, 9.17) is 5.11 Å². The van der Waals surface area contributed by atoms with Gasteiger partial charge in [0.25, 0.3) is 0 Å². The lowest BCUT2D eigenvalue weighted by Crippen LogP contribution is -3.00. The zero-order valence-corrected chi connectivity index (χ0v) is 7.73. The van der Waals surface area contributed by atoms with E-state index in [0.29, 0.717) is 6.42 Å². The molecule has 1 unspecified atom stereocenters. The maximum Gasteiger partial charge on any atom is 0.510 e. The van der Waals surface area contributed by atoms with Gasteiger partial charge in [-0.1, -0.05) is 0 Å². The Morgan fingerprint density at radius 2 is 2.23 bits per heavy atom. The van der Waals surface area contributed by atoms with E-state index < -0.39 is 12.0 Å². The van der Waals surface area contributed by atoms with E-state index in [0.717, 1.165) is 5.32 Å². The molecule has 0 bridgehead atoms. The first-order valence-corrected chi connectivity index (χ1v) is 3.93. The first kappa shape index (κ1) is 12.6. The van der Waals surface area contributed by atoms with E-state index in [2.05, 4.69) is 0 Å². The number of carbonyl (C=O) groups is 1. The molecule has 1 amide bonds. The summed E-state index contributed by atoms with van der Waals surface area (Å²) in [5.41, 5.74) is 0. The van der Waals surface area contributed by atoms with E-state index >= 15 is 0 Å². The first-order valence-electron chi connectivity index (χ1n) is 3.93. The fourth-order valence-electron chi connectivity index (χ4n) is 1.51. The van der Waals surface area contributed by atoms with Gasteiger partial charge in [-0.25, -0.2) is 14.1 Å². The Bertz CT molecular complexity index is 189. The summed E-state index contributed by atoms with van der Waals surface area (Å²) in [4.78, 5) is 10.1. The molecular formula is C7H12ClF2NO2. The van der Waals surface area contributed by atoms with Crippen molar-refractivity contribution >= 4 is 6.09 Å². The van der Waals surface area contributed by atoms with Gasteiger partial charge in [-0.05, 0) is 6.42 Å². The van der Waals surface area contributed by atoms with Gasteiger partial charge in [-0.3, -0.25) is 0 Å². The maximum absolute atomic E-state index is 12.6. The summed E-state index contributed by atoms with van der Waals surface area (Å²) < 4.78 is 25.1. The van der Waals surface area contributed by atoms with Gasteiger partial charge in [-0.15, -0.1) is 0 Å². The van der Waals surface area contributed by atoms with Crippen LogP contribution in [-0.4, -0.2) is 23.7 Å². The third-order valence-electron chi connectivity index (χ3n) is 2.13. The average molecular weight is 216 g/mol. The summed E-state index contributed by atoms with van der Waals surface area (Å²) in [5, 5.41) is 9.32. The van der Waals surface area contributed by atoms with Crippen LogP contribution in [0.25, 0.3) is 0 Å². The van der Waals surface area contributed by atoms with Gasteiger partial charge in [0, 0.05) is 18.8 Å². The Balaban J connectivity index is 0.00000144. The highest BCUT2D eigenvalue weighted by atomic mass is 35.5. The lowest BCUT2D eigenvalue weighted by molar-refractivity contribution is -0.575. The molecule has 0 aromatic heterocycles. The molecule has 6 heteroatoms. The maximum atomic E-state index is 12.6. The molecule has 0 aromatic carbocycles. The van der Waals surface area contributed by atoms with Crippen LogP contribution in [0.1, 0.15) is 19.3 Å². The van der Waals surface area contributed by atoms with Crippen molar-refractivity contribution in [3.05, 3.63) is 0 Å². The van der Waals surface area contributed by atoms with Gasteiger partial charge in [0.2, 0.25) is 5.92 Å². The number of alkyl halides is 2. The van der Waals surface area contributed by atoms with E-state index in [9.17, 15) is 13.6 Å². The Kier molecular flexibility index (Phi) is 4.56. The van der Waals surface area contributed by atoms with Gasteiger partial charge in [-0.2, -0.15) is 4.79 Å². The van der Waals surface area contributed by atoms with Crippen molar-refractivity contribution in [1.82, 2.24) is 0 Å². The molecule has 3 nitrogen and oxygen atoms in total. The Morgan fingerprint density at radius 1 is 1.62 bits per heavy atom. The van der Waals surface area contributed by atoms with Crippen LogP contribution >= 0.6 is 0 Å². The molecule has 0 heterocycles. The van der Waals surface area contributed by atoms with Crippen LogP contribution in [0.2, 0.25) is 0 Å². The first-order chi connectivity index (χ1) is 5.49. The molecule has 78 valence electrons. The molecule has 1 rings (SSSR count). The second-order valence-corrected chi connectivity index (χ2v) is 3.24. The van der Waals surface area contributed by atoms with Crippen molar-refractivity contribution < 1.29 is 36.4 Å². The van der Waals surface area contributed by atoms with E-state index in [1.807, 2.05) is 0 Å². The van der Waals surface area contributed by atoms with Crippen molar-refractivity contribution in [2.24, 2.45) is 5.92 Å². The van der Waals surface area contributed by atoms with Crippen LogP contribution in [0.5, 0.6) is 0 Å². The van der Waals surface area contributed by atoms with Crippen LogP contribution < -0.4 is 17.7 Å². The topological polar surface area (TPSA) is 53.9 Å². The average Bonchev–Trinajstić information content (AvgIpc) is 2.26. The predicted octanol–water partition coefficient (Wildman–Crippen LogP) is -2.33. The molecule has 1 saturated carbocycles. The van der Waals surface area contributed by atoms with Crippen LogP contribution in [0.15, 0.2) is 0 Å². The molecule has 0 spiro atoms. The number of nitrogens with two attached hydrogens (primary N) is 1. The highest BCUT2D eigenvalue weighted by Crippen LogP contribution is 2.37. The normalized spacial score (nSPS) is 25.2. The van der Waals surface area contributed by atoms with Crippen LogP contribution in [0.4, 0.5) is 13.6 Å². The number of primary amides is 1. The van der Waals surface area contributed by atoms with Crippen molar-refractivity contribution in [3.63, 3.8) is 0 Å². The van der Waals surface area contributed by atoms with Crippen LogP contribution in [0, 0.1) is 5.92 Å². The number of hydrogen-bond donors (Lipinski definition) is 2. The number of amides is 1. The van der Waals surface area contributed by atoms with E-state index in [-0.39, 0.29) is 37.7 Å². The van der Waals surface area contributed by atoms with Gasteiger partial charge in [0.15, 0.2) is 0 Å². The smallest absolute Gasteiger partial charge is 0.510 e. The molecule has 3 N–H and O–H groups in total. The second kappa shape index (κ2) is 4.72. The van der Waals surface area contributed by atoms with Gasteiger partial charge in [0.1, 0.15) is 0 Å². The zero-order chi connectivity index (χ0) is 9.19. The number of quaternary nitrogens is 1. The zero-order valence-electron chi connectivity index (χ0n) is 6.97. The molecule has 0 aliphatic heterocycles. The van der Waals surface area contributed by atoms with Crippen molar-refractivity contribution in [3.8, 4) is 0 Å². The monoisotopic (exact) mass is 215 g/mol. The van der Waals surface area contributed by atoms with Crippen LogP contribution in [0.3, 0.4) is 0 Å².